The zero-order valence-electron chi connectivity index (χ0n) is 9.95. The molecule has 92 valence electrons. The summed E-state index contributed by atoms with van der Waals surface area (Å²) in [7, 11) is 0. The zero-order valence-corrected chi connectivity index (χ0v) is 10.8. The minimum atomic E-state index is 0.119. The number of aromatic nitrogens is 1. The number of pyridine rings is 1. The molecular weight excluding hydrogens is 244 g/mol. The van der Waals surface area contributed by atoms with E-state index in [2.05, 4.69) is 16.4 Å². The maximum absolute atomic E-state index is 12.5. The zero-order chi connectivity index (χ0) is 12.4. The van der Waals surface area contributed by atoms with Crippen LogP contribution >= 0.6 is 11.3 Å². The van der Waals surface area contributed by atoms with Crippen LogP contribution in [-0.4, -0.2) is 21.8 Å². The Labute approximate surface area is 110 Å². The second-order valence-electron chi connectivity index (χ2n) is 4.48. The standard InChI is InChI=1S/C14H14N2OS/c17-14(11-5-7-15-8-6-11)16(12-3-4-12)10-13-2-1-9-18-13/h1-2,5-9,12H,3-4,10H2. The van der Waals surface area contributed by atoms with E-state index < -0.39 is 0 Å². The van der Waals surface area contributed by atoms with Crippen LogP contribution in [0.3, 0.4) is 0 Å². The van der Waals surface area contributed by atoms with E-state index in [1.165, 1.54) is 4.88 Å². The third kappa shape index (κ3) is 2.43. The van der Waals surface area contributed by atoms with Crippen molar-refractivity contribution in [3.05, 3.63) is 52.5 Å². The number of nitrogens with zero attached hydrogens (tertiary/aromatic N) is 2. The second-order valence-corrected chi connectivity index (χ2v) is 5.51. The van der Waals surface area contributed by atoms with E-state index in [0.29, 0.717) is 6.04 Å². The number of carbonyl (C=O) groups excluding carboxylic acids is 1. The predicted molar refractivity (Wildman–Crippen MR) is 71.5 cm³/mol. The number of thiophene rings is 1. The molecule has 2 heterocycles. The van der Waals surface area contributed by atoms with E-state index in [1.807, 2.05) is 11.0 Å². The molecule has 0 unspecified atom stereocenters. The van der Waals surface area contributed by atoms with Crippen LogP contribution in [0.5, 0.6) is 0 Å². The molecular formula is C14H14N2OS. The first-order valence-electron chi connectivity index (χ1n) is 6.08. The minimum Gasteiger partial charge on any atom is -0.331 e. The smallest absolute Gasteiger partial charge is 0.254 e. The molecule has 0 aromatic carbocycles. The fourth-order valence-corrected chi connectivity index (χ4v) is 2.69. The third-order valence-electron chi connectivity index (χ3n) is 3.08. The molecule has 1 aliphatic rings. The van der Waals surface area contributed by atoms with Gasteiger partial charge in [0.25, 0.3) is 5.91 Å². The second kappa shape index (κ2) is 4.90. The lowest BCUT2D eigenvalue weighted by molar-refractivity contribution is 0.0731. The summed E-state index contributed by atoms with van der Waals surface area (Å²) in [6.07, 6.45) is 5.59. The summed E-state index contributed by atoms with van der Waals surface area (Å²) in [6, 6.07) is 8.10. The molecule has 1 fully saturated rings. The van der Waals surface area contributed by atoms with Gasteiger partial charge in [0, 0.05) is 28.9 Å². The molecule has 18 heavy (non-hydrogen) atoms. The van der Waals surface area contributed by atoms with Crippen LogP contribution in [0.2, 0.25) is 0 Å². The highest BCUT2D eigenvalue weighted by Crippen LogP contribution is 2.30. The van der Waals surface area contributed by atoms with Crippen LogP contribution in [0.1, 0.15) is 28.1 Å². The van der Waals surface area contributed by atoms with E-state index in [9.17, 15) is 4.79 Å². The van der Waals surface area contributed by atoms with Gasteiger partial charge in [0.2, 0.25) is 0 Å². The van der Waals surface area contributed by atoms with Crippen molar-refractivity contribution in [1.82, 2.24) is 9.88 Å². The molecule has 0 spiro atoms. The van der Waals surface area contributed by atoms with Crippen molar-refractivity contribution in [3.63, 3.8) is 0 Å². The summed E-state index contributed by atoms with van der Waals surface area (Å²) in [6.45, 7) is 0.726. The van der Waals surface area contributed by atoms with Gasteiger partial charge in [0.05, 0.1) is 6.54 Å². The summed E-state index contributed by atoms with van der Waals surface area (Å²) in [5.41, 5.74) is 0.730. The number of hydrogen-bond acceptors (Lipinski definition) is 3. The lowest BCUT2D eigenvalue weighted by Gasteiger charge is -2.21. The maximum Gasteiger partial charge on any atom is 0.254 e. The first kappa shape index (κ1) is 11.4. The topological polar surface area (TPSA) is 33.2 Å². The van der Waals surface area contributed by atoms with E-state index >= 15 is 0 Å². The van der Waals surface area contributed by atoms with Gasteiger partial charge in [-0.15, -0.1) is 11.3 Å². The Kier molecular flexibility index (Phi) is 3.11. The van der Waals surface area contributed by atoms with E-state index in [4.69, 9.17) is 0 Å². The van der Waals surface area contributed by atoms with Crippen LogP contribution in [0.25, 0.3) is 0 Å². The van der Waals surface area contributed by atoms with Crippen molar-refractivity contribution in [1.29, 1.82) is 0 Å². The first-order chi connectivity index (χ1) is 8.84. The van der Waals surface area contributed by atoms with Crippen LogP contribution in [0, 0.1) is 0 Å². The number of rotatable bonds is 4. The lowest BCUT2D eigenvalue weighted by Crippen LogP contribution is -2.32. The van der Waals surface area contributed by atoms with Gasteiger partial charge >= 0.3 is 0 Å². The van der Waals surface area contributed by atoms with E-state index in [0.717, 1.165) is 24.9 Å². The Morgan fingerprint density at radius 1 is 1.33 bits per heavy atom. The van der Waals surface area contributed by atoms with Gasteiger partial charge in [-0.05, 0) is 36.4 Å². The quantitative estimate of drug-likeness (QED) is 0.844. The van der Waals surface area contributed by atoms with Gasteiger partial charge in [-0.3, -0.25) is 9.78 Å². The minimum absolute atomic E-state index is 0.119. The van der Waals surface area contributed by atoms with Crippen LogP contribution in [0.4, 0.5) is 0 Å². The molecule has 2 aromatic heterocycles. The molecule has 1 amide bonds. The number of hydrogen-bond donors (Lipinski definition) is 0. The molecule has 1 aliphatic carbocycles. The van der Waals surface area contributed by atoms with Crippen molar-refractivity contribution in [3.8, 4) is 0 Å². The largest absolute Gasteiger partial charge is 0.331 e. The van der Waals surface area contributed by atoms with Crippen molar-refractivity contribution in [2.24, 2.45) is 0 Å². The molecule has 4 heteroatoms. The maximum atomic E-state index is 12.5. The Bertz CT molecular complexity index is 520. The van der Waals surface area contributed by atoms with E-state index in [-0.39, 0.29) is 5.91 Å². The van der Waals surface area contributed by atoms with Gasteiger partial charge in [0.1, 0.15) is 0 Å². The van der Waals surface area contributed by atoms with Gasteiger partial charge in [-0.1, -0.05) is 6.07 Å². The Morgan fingerprint density at radius 3 is 2.72 bits per heavy atom. The van der Waals surface area contributed by atoms with Gasteiger partial charge in [-0.2, -0.15) is 0 Å². The predicted octanol–water partition coefficient (Wildman–Crippen LogP) is 2.95. The highest BCUT2D eigenvalue weighted by Gasteiger charge is 2.33. The van der Waals surface area contributed by atoms with Crippen LogP contribution < -0.4 is 0 Å². The van der Waals surface area contributed by atoms with Crippen molar-refractivity contribution >= 4 is 17.2 Å². The van der Waals surface area contributed by atoms with Crippen molar-refractivity contribution in [2.75, 3.05) is 0 Å². The lowest BCUT2D eigenvalue weighted by atomic mass is 10.2. The summed E-state index contributed by atoms with van der Waals surface area (Å²) in [4.78, 5) is 19.6. The molecule has 0 bridgehead atoms. The summed E-state index contributed by atoms with van der Waals surface area (Å²) in [5, 5.41) is 2.05. The molecule has 0 saturated heterocycles. The molecule has 3 nitrogen and oxygen atoms in total. The molecule has 1 saturated carbocycles. The normalized spacial score (nSPS) is 14.4. The fourth-order valence-electron chi connectivity index (χ4n) is 1.98. The van der Waals surface area contributed by atoms with Gasteiger partial charge < -0.3 is 4.90 Å². The highest BCUT2D eigenvalue weighted by molar-refractivity contribution is 7.09. The molecule has 2 aromatic rings. The summed E-state index contributed by atoms with van der Waals surface area (Å²) >= 11 is 1.70. The number of carbonyl (C=O) groups is 1. The van der Waals surface area contributed by atoms with Crippen LogP contribution in [0.15, 0.2) is 42.0 Å². The van der Waals surface area contributed by atoms with Gasteiger partial charge in [0.15, 0.2) is 0 Å². The van der Waals surface area contributed by atoms with Crippen molar-refractivity contribution < 1.29 is 4.79 Å². The third-order valence-corrected chi connectivity index (χ3v) is 3.94. The summed E-state index contributed by atoms with van der Waals surface area (Å²) in [5.74, 6) is 0.119. The highest BCUT2D eigenvalue weighted by atomic mass is 32.1. The molecule has 0 radical (unpaired) electrons. The summed E-state index contributed by atoms with van der Waals surface area (Å²) < 4.78 is 0. The molecule has 0 atom stereocenters. The average Bonchev–Trinajstić information content (AvgIpc) is 3.13. The number of amides is 1. The Hall–Kier alpha value is -1.68. The monoisotopic (exact) mass is 258 g/mol. The molecule has 0 N–H and O–H groups in total. The average molecular weight is 258 g/mol. The first-order valence-corrected chi connectivity index (χ1v) is 6.96. The SMILES string of the molecule is O=C(c1ccncc1)N(Cc1cccs1)C1CC1. The van der Waals surface area contributed by atoms with Gasteiger partial charge in [-0.25, -0.2) is 0 Å². The van der Waals surface area contributed by atoms with E-state index in [1.54, 1.807) is 35.9 Å². The fraction of sp³-hybridized carbons (Fsp3) is 0.286. The Balaban J connectivity index is 1.80. The molecule has 3 rings (SSSR count). The Morgan fingerprint density at radius 2 is 2.11 bits per heavy atom. The van der Waals surface area contributed by atoms with Crippen LogP contribution in [-0.2, 0) is 6.54 Å². The van der Waals surface area contributed by atoms with Crippen molar-refractivity contribution in [2.45, 2.75) is 25.4 Å². The molecule has 0 aliphatic heterocycles.